The average molecular weight is 372 g/mol. The molecule has 0 fully saturated rings. The first-order valence-corrected chi connectivity index (χ1v) is 9.12. The third-order valence-corrected chi connectivity index (χ3v) is 5.11. The summed E-state index contributed by atoms with van der Waals surface area (Å²) in [5.74, 6) is 0.876. The summed E-state index contributed by atoms with van der Waals surface area (Å²) in [7, 11) is 0. The SMILES string of the molecule is CCC(Sc1nnnn1-c1ccc(C)cc1C)C(=O)Nc1cc(C)on1. The van der Waals surface area contributed by atoms with Crippen LogP contribution in [0.4, 0.5) is 5.82 Å². The van der Waals surface area contributed by atoms with Crippen molar-refractivity contribution in [3.8, 4) is 5.69 Å². The number of nitrogens with zero attached hydrogens (tertiary/aromatic N) is 5. The summed E-state index contributed by atoms with van der Waals surface area (Å²) in [6, 6.07) is 7.73. The van der Waals surface area contributed by atoms with Crippen LogP contribution in [0, 0.1) is 20.8 Å². The quantitative estimate of drug-likeness (QED) is 0.664. The van der Waals surface area contributed by atoms with Crippen LogP contribution in [0.3, 0.4) is 0 Å². The summed E-state index contributed by atoms with van der Waals surface area (Å²) in [4.78, 5) is 12.5. The number of aryl methyl sites for hydroxylation is 3. The van der Waals surface area contributed by atoms with Crippen molar-refractivity contribution >= 4 is 23.5 Å². The molecule has 8 nitrogen and oxygen atoms in total. The highest BCUT2D eigenvalue weighted by Gasteiger charge is 2.23. The Hall–Kier alpha value is -2.68. The van der Waals surface area contributed by atoms with Gasteiger partial charge in [-0.25, -0.2) is 0 Å². The number of aromatic nitrogens is 5. The van der Waals surface area contributed by atoms with Crippen molar-refractivity contribution in [2.45, 2.75) is 44.5 Å². The molecule has 3 rings (SSSR count). The molecule has 3 aromatic rings. The Morgan fingerprint density at radius 1 is 1.31 bits per heavy atom. The molecule has 0 saturated carbocycles. The lowest BCUT2D eigenvalue weighted by Crippen LogP contribution is -2.25. The number of nitrogens with one attached hydrogen (secondary N) is 1. The maximum absolute atomic E-state index is 12.5. The number of carbonyl (C=O) groups is 1. The van der Waals surface area contributed by atoms with Crippen molar-refractivity contribution in [1.29, 1.82) is 0 Å². The smallest absolute Gasteiger partial charge is 0.239 e. The van der Waals surface area contributed by atoms with Gasteiger partial charge in [0.2, 0.25) is 11.1 Å². The number of amides is 1. The molecule has 0 radical (unpaired) electrons. The molecule has 0 spiro atoms. The van der Waals surface area contributed by atoms with Crippen molar-refractivity contribution in [1.82, 2.24) is 25.4 Å². The molecule has 1 aromatic carbocycles. The Morgan fingerprint density at radius 3 is 2.77 bits per heavy atom. The molecule has 0 aliphatic heterocycles. The Balaban J connectivity index is 1.79. The van der Waals surface area contributed by atoms with Crippen LogP contribution in [-0.4, -0.2) is 36.5 Å². The zero-order valence-electron chi connectivity index (χ0n) is 15.1. The third kappa shape index (κ3) is 3.93. The van der Waals surface area contributed by atoms with Gasteiger partial charge in [-0.1, -0.05) is 41.5 Å². The minimum atomic E-state index is -0.359. The minimum absolute atomic E-state index is 0.166. The Kier molecular flexibility index (Phi) is 5.36. The van der Waals surface area contributed by atoms with Crippen molar-refractivity contribution in [2.75, 3.05) is 5.32 Å². The summed E-state index contributed by atoms with van der Waals surface area (Å²) < 4.78 is 6.64. The molecule has 26 heavy (non-hydrogen) atoms. The number of carbonyl (C=O) groups excluding carboxylic acids is 1. The monoisotopic (exact) mass is 372 g/mol. The lowest BCUT2D eigenvalue weighted by atomic mass is 10.1. The van der Waals surface area contributed by atoms with Crippen molar-refractivity contribution in [3.63, 3.8) is 0 Å². The van der Waals surface area contributed by atoms with Gasteiger partial charge in [-0.2, -0.15) is 4.68 Å². The Labute approximate surface area is 155 Å². The van der Waals surface area contributed by atoms with Crippen LogP contribution < -0.4 is 5.32 Å². The molecule has 2 heterocycles. The van der Waals surface area contributed by atoms with Crippen molar-refractivity contribution in [2.24, 2.45) is 0 Å². The number of anilines is 1. The fourth-order valence-electron chi connectivity index (χ4n) is 2.53. The molecular formula is C17H20N6O2S. The number of rotatable bonds is 6. The van der Waals surface area contributed by atoms with Gasteiger partial charge in [0.15, 0.2) is 5.82 Å². The standard InChI is InChI=1S/C17H20N6O2S/c1-5-14(16(24)18-15-9-12(4)25-20-15)26-17-19-21-22-23(17)13-7-6-10(2)8-11(13)3/h6-9,14H,5H2,1-4H3,(H,18,20,24). The highest BCUT2D eigenvalue weighted by molar-refractivity contribution is 8.00. The number of tetrazole rings is 1. The zero-order chi connectivity index (χ0) is 18.7. The van der Waals surface area contributed by atoms with E-state index in [0.29, 0.717) is 23.2 Å². The van der Waals surface area contributed by atoms with Gasteiger partial charge >= 0.3 is 0 Å². The van der Waals surface area contributed by atoms with E-state index in [0.717, 1.165) is 11.3 Å². The second kappa shape index (κ2) is 7.69. The normalized spacial score (nSPS) is 12.2. The Morgan fingerprint density at radius 2 is 2.12 bits per heavy atom. The van der Waals surface area contributed by atoms with E-state index in [1.807, 2.05) is 32.9 Å². The molecule has 1 N–H and O–H groups in total. The molecule has 2 aromatic heterocycles. The number of benzene rings is 1. The number of hydrogen-bond donors (Lipinski definition) is 1. The van der Waals surface area contributed by atoms with Gasteiger partial charge in [0.05, 0.1) is 10.9 Å². The molecule has 1 amide bonds. The predicted molar refractivity (Wildman–Crippen MR) is 98.4 cm³/mol. The van der Waals surface area contributed by atoms with E-state index in [1.165, 1.54) is 17.3 Å². The topological polar surface area (TPSA) is 98.7 Å². The summed E-state index contributed by atoms with van der Waals surface area (Å²) >= 11 is 1.32. The summed E-state index contributed by atoms with van der Waals surface area (Å²) in [6.07, 6.45) is 0.618. The van der Waals surface area contributed by atoms with E-state index in [-0.39, 0.29) is 11.2 Å². The fourth-order valence-corrected chi connectivity index (χ4v) is 3.43. The van der Waals surface area contributed by atoms with Crippen LogP contribution in [0.25, 0.3) is 5.69 Å². The van der Waals surface area contributed by atoms with Gasteiger partial charge in [0, 0.05) is 6.07 Å². The molecule has 0 aliphatic rings. The second-order valence-electron chi connectivity index (χ2n) is 5.99. The lowest BCUT2D eigenvalue weighted by molar-refractivity contribution is -0.115. The first kappa shape index (κ1) is 18.1. The van der Waals surface area contributed by atoms with Gasteiger partial charge in [-0.15, -0.1) is 5.10 Å². The van der Waals surface area contributed by atoms with Crippen LogP contribution in [0.2, 0.25) is 0 Å². The molecule has 0 bridgehead atoms. The average Bonchev–Trinajstić information content (AvgIpc) is 3.21. The van der Waals surface area contributed by atoms with Crippen LogP contribution in [0.15, 0.2) is 33.9 Å². The molecule has 0 saturated heterocycles. The largest absolute Gasteiger partial charge is 0.360 e. The molecule has 1 unspecified atom stereocenters. The highest BCUT2D eigenvalue weighted by atomic mass is 32.2. The summed E-state index contributed by atoms with van der Waals surface area (Å²) in [5.41, 5.74) is 3.13. The molecule has 0 aliphatic carbocycles. The minimum Gasteiger partial charge on any atom is -0.360 e. The fraction of sp³-hybridized carbons (Fsp3) is 0.353. The van der Waals surface area contributed by atoms with E-state index < -0.39 is 0 Å². The van der Waals surface area contributed by atoms with E-state index in [2.05, 4.69) is 32.1 Å². The van der Waals surface area contributed by atoms with Gasteiger partial charge in [0.1, 0.15) is 5.76 Å². The van der Waals surface area contributed by atoms with Crippen molar-refractivity contribution in [3.05, 3.63) is 41.2 Å². The van der Waals surface area contributed by atoms with E-state index in [9.17, 15) is 4.79 Å². The van der Waals surface area contributed by atoms with Crippen LogP contribution in [-0.2, 0) is 4.79 Å². The lowest BCUT2D eigenvalue weighted by Gasteiger charge is -2.13. The number of thioether (sulfide) groups is 1. The van der Waals surface area contributed by atoms with E-state index in [1.54, 1.807) is 17.7 Å². The van der Waals surface area contributed by atoms with Crippen LogP contribution >= 0.6 is 11.8 Å². The van der Waals surface area contributed by atoms with Gasteiger partial charge in [0.25, 0.3) is 0 Å². The van der Waals surface area contributed by atoms with Crippen molar-refractivity contribution < 1.29 is 9.32 Å². The molecule has 1 atom stereocenters. The number of hydrogen-bond acceptors (Lipinski definition) is 7. The van der Waals surface area contributed by atoms with E-state index in [4.69, 9.17) is 4.52 Å². The first-order valence-electron chi connectivity index (χ1n) is 8.24. The van der Waals surface area contributed by atoms with Crippen LogP contribution in [0.1, 0.15) is 30.2 Å². The maximum atomic E-state index is 12.5. The first-order chi connectivity index (χ1) is 12.5. The highest BCUT2D eigenvalue weighted by Crippen LogP contribution is 2.27. The van der Waals surface area contributed by atoms with Gasteiger partial charge in [-0.3, -0.25) is 4.79 Å². The zero-order valence-corrected chi connectivity index (χ0v) is 15.9. The Bertz CT molecular complexity index is 920. The molecular weight excluding hydrogens is 352 g/mol. The third-order valence-electron chi connectivity index (χ3n) is 3.81. The predicted octanol–water partition coefficient (Wildman–Crippen LogP) is 3.08. The van der Waals surface area contributed by atoms with E-state index >= 15 is 0 Å². The van der Waals surface area contributed by atoms with Crippen LogP contribution in [0.5, 0.6) is 0 Å². The summed E-state index contributed by atoms with van der Waals surface area (Å²) in [5, 5.41) is 18.7. The van der Waals surface area contributed by atoms with Gasteiger partial charge in [-0.05, 0) is 49.2 Å². The second-order valence-corrected chi connectivity index (χ2v) is 7.16. The van der Waals surface area contributed by atoms with Gasteiger partial charge < -0.3 is 9.84 Å². The summed E-state index contributed by atoms with van der Waals surface area (Å²) in [6.45, 7) is 7.76. The molecule has 136 valence electrons. The maximum Gasteiger partial charge on any atom is 0.239 e. The molecule has 9 heteroatoms.